The second-order valence-corrected chi connectivity index (χ2v) is 13.6. The third kappa shape index (κ3) is 8.50. The molecule has 0 saturated carbocycles. The quantitative estimate of drug-likeness (QED) is 0.199. The Hall–Kier alpha value is -2.72. The molecule has 1 aliphatic heterocycles. The van der Waals surface area contributed by atoms with Crippen molar-refractivity contribution < 1.29 is 52.4 Å². The maximum Gasteiger partial charge on any atom is 0.406 e. The molecule has 0 aromatic carbocycles. The van der Waals surface area contributed by atoms with E-state index in [4.69, 9.17) is 28.0 Å². The molecule has 3 N–H and O–H groups in total. The lowest BCUT2D eigenvalue weighted by molar-refractivity contribution is -0.155. The molecule has 17 heteroatoms. The van der Waals surface area contributed by atoms with Crippen LogP contribution in [0.2, 0.25) is 0 Å². The number of rotatable bonds is 14. The number of nitrogens with zero attached hydrogens (tertiary/aromatic N) is 4. The standard InChI is InChI=1S/C27H44N5O11P/c1-10-39-24(35)19(15(2)3)31-44(37,40-12-11-18(33)43-26(5,6)7)41-13-17-21(34)27(8,36)25(42-17)32-14-28-20-22(32)29-16(4)30-23(20)38-9/h14-15,17,19,21,25,34,36H,10-13H2,1-9H3,(H,31,37)/t17-,19+,21?,25-,27+,44?/m1/s1. The summed E-state index contributed by atoms with van der Waals surface area (Å²) in [4.78, 5) is 37.7. The van der Waals surface area contributed by atoms with Gasteiger partial charge in [-0.25, -0.2) is 19.6 Å². The highest BCUT2D eigenvalue weighted by Crippen LogP contribution is 2.47. The molecule has 1 aliphatic rings. The van der Waals surface area contributed by atoms with Gasteiger partial charge < -0.3 is 29.2 Å². The molecule has 0 radical (unpaired) electrons. The first-order chi connectivity index (χ1) is 20.4. The number of fused-ring (bicyclic) bond motifs is 1. The molecule has 2 aromatic heterocycles. The summed E-state index contributed by atoms with van der Waals surface area (Å²) in [5.41, 5.74) is -2.01. The summed E-state index contributed by atoms with van der Waals surface area (Å²) >= 11 is 0. The number of esters is 2. The monoisotopic (exact) mass is 645 g/mol. The van der Waals surface area contributed by atoms with E-state index >= 15 is 0 Å². The summed E-state index contributed by atoms with van der Waals surface area (Å²) in [5.74, 6) is -1.06. The van der Waals surface area contributed by atoms with Crippen molar-refractivity contribution >= 4 is 30.8 Å². The third-order valence-corrected chi connectivity index (χ3v) is 8.21. The third-order valence-electron chi connectivity index (χ3n) is 6.60. The molecule has 2 unspecified atom stereocenters. The number of methoxy groups -OCH3 is 1. The summed E-state index contributed by atoms with van der Waals surface area (Å²) < 4.78 is 48.3. The van der Waals surface area contributed by atoms with Crippen molar-refractivity contribution in [1.82, 2.24) is 24.6 Å². The van der Waals surface area contributed by atoms with Gasteiger partial charge in [0.05, 0.1) is 39.7 Å². The SMILES string of the molecule is CCOC(=O)[C@@H](NP(=O)(OCCC(=O)OC(C)(C)C)OC[C@H]1O[C@@H](n2cnc3c(OC)nc(C)nc32)[C@@](C)(O)C1O)C(C)C. The van der Waals surface area contributed by atoms with Crippen LogP contribution in [0, 0.1) is 12.8 Å². The van der Waals surface area contributed by atoms with Gasteiger partial charge in [0.2, 0.25) is 5.88 Å². The fourth-order valence-electron chi connectivity index (χ4n) is 4.49. The first kappa shape index (κ1) is 35.8. The zero-order valence-corrected chi connectivity index (χ0v) is 27.5. The molecule has 1 saturated heterocycles. The zero-order chi connectivity index (χ0) is 33.0. The van der Waals surface area contributed by atoms with Gasteiger partial charge in [0, 0.05) is 0 Å². The van der Waals surface area contributed by atoms with Gasteiger partial charge in [0.15, 0.2) is 17.4 Å². The second kappa shape index (κ2) is 14.1. The largest absolute Gasteiger partial charge is 0.479 e. The summed E-state index contributed by atoms with van der Waals surface area (Å²) in [6.07, 6.45) is -2.83. The van der Waals surface area contributed by atoms with Crippen molar-refractivity contribution in [3.63, 3.8) is 0 Å². The van der Waals surface area contributed by atoms with E-state index in [1.165, 1.54) is 24.9 Å². The van der Waals surface area contributed by atoms with Gasteiger partial charge in [0.1, 0.15) is 35.3 Å². The average Bonchev–Trinajstić information content (AvgIpc) is 3.42. The maximum absolute atomic E-state index is 14.0. The lowest BCUT2D eigenvalue weighted by Gasteiger charge is -2.28. The van der Waals surface area contributed by atoms with Gasteiger partial charge in [-0.3, -0.25) is 23.2 Å². The fraction of sp³-hybridized carbons (Fsp3) is 0.741. The molecule has 0 amide bonds. The Morgan fingerprint density at radius 1 is 1.25 bits per heavy atom. The molecule has 2 aromatic rings. The molecule has 16 nitrogen and oxygen atoms in total. The normalized spacial score (nSPS) is 24.3. The minimum atomic E-state index is -4.36. The van der Waals surface area contributed by atoms with E-state index in [9.17, 15) is 24.4 Å². The van der Waals surface area contributed by atoms with Crippen LogP contribution in [0.1, 0.15) is 66.9 Å². The number of hydrogen-bond acceptors (Lipinski definition) is 14. The molecular formula is C27H44N5O11P. The number of ether oxygens (including phenoxy) is 4. The molecule has 1 fully saturated rings. The van der Waals surface area contributed by atoms with Crippen molar-refractivity contribution in [2.75, 3.05) is 26.9 Å². The number of carbonyl (C=O) groups is 2. The van der Waals surface area contributed by atoms with E-state index in [0.29, 0.717) is 17.0 Å². The molecule has 3 heterocycles. The van der Waals surface area contributed by atoms with Crippen molar-refractivity contribution in [1.29, 1.82) is 0 Å². The van der Waals surface area contributed by atoms with Crippen LogP contribution in [0.15, 0.2) is 6.33 Å². The first-order valence-electron chi connectivity index (χ1n) is 14.3. The molecule has 0 bridgehead atoms. The number of hydrogen-bond donors (Lipinski definition) is 3. The summed E-state index contributed by atoms with van der Waals surface area (Å²) in [5, 5.41) is 25.0. The highest BCUT2D eigenvalue weighted by atomic mass is 31.2. The van der Waals surface area contributed by atoms with E-state index < -0.39 is 67.9 Å². The van der Waals surface area contributed by atoms with E-state index in [1.54, 1.807) is 48.5 Å². The topological polar surface area (TPSA) is 203 Å². The Bertz CT molecular complexity index is 1360. The van der Waals surface area contributed by atoms with Crippen molar-refractivity contribution in [3.05, 3.63) is 12.2 Å². The second-order valence-electron chi connectivity index (χ2n) is 11.9. The number of aryl methyl sites for hydroxylation is 1. The van der Waals surface area contributed by atoms with Crippen molar-refractivity contribution in [2.24, 2.45) is 5.92 Å². The fourth-order valence-corrected chi connectivity index (χ4v) is 6.13. The highest BCUT2D eigenvalue weighted by Gasteiger charge is 2.54. The Balaban J connectivity index is 1.83. The number of imidazole rings is 1. The van der Waals surface area contributed by atoms with E-state index in [-0.39, 0.29) is 25.5 Å². The Kier molecular flexibility index (Phi) is 11.5. The minimum absolute atomic E-state index is 0.0895. The predicted octanol–water partition coefficient (Wildman–Crippen LogP) is 2.20. The molecule has 0 spiro atoms. The maximum atomic E-state index is 14.0. The number of carbonyl (C=O) groups excluding carboxylic acids is 2. The van der Waals surface area contributed by atoms with Gasteiger partial charge in [-0.2, -0.15) is 4.98 Å². The number of nitrogens with one attached hydrogen (secondary N) is 1. The molecule has 248 valence electrons. The molecule has 0 aliphatic carbocycles. The van der Waals surface area contributed by atoms with Crippen LogP contribution < -0.4 is 9.82 Å². The number of aliphatic hydroxyl groups is 2. The lowest BCUT2D eigenvalue weighted by Crippen LogP contribution is -2.45. The van der Waals surface area contributed by atoms with Gasteiger partial charge in [0.25, 0.3) is 0 Å². The van der Waals surface area contributed by atoms with Gasteiger partial charge in [-0.15, -0.1) is 0 Å². The molecule has 6 atom stereocenters. The average molecular weight is 646 g/mol. The summed E-state index contributed by atoms with van der Waals surface area (Å²) in [6.45, 7) is 12.4. The van der Waals surface area contributed by atoms with Gasteiger partial charge >= 0.3 is 19.7 Å². The molecule has 3 rings (SSSR count). The smallest absolute Gasteiger partial charge is 0.406 e. The van der Waals surface area contributed by atoms with Gasteiger partial charge in [-0.05, 0) is 47.5 Å². The van der Waals surface area contributed by atoms with Crippen LogP contribution >= 0.6 is 7.75 Å². The molecule has 44 heavy (non-hydrogen) atoms. The van der Waals surface area contributed by atoms with E-state index in [1.807, 2.05) is 0 Å². The predicted molar refractivity (Wildman–Crippen MR) is 156 cm³/mol. The zero-order valence-electron chi connectivity index (χ0n) is 26.6. The van der Waals surface area contributed by atoms with Crippen LogP contribution in [0.4, 0.5) is 0 Å². The van der Waals surface area contributed by atoms with Gasteiger partial charge in [-0.1, -0.05) is 13.8 Å². The first-order valence-corrected chi connectivity index (χ1v) is 15.8. The van der Waals surface area contributed by atoms with E-state index in [0.717, 1.165) is 0 Å². The Morgan fingerprint density at radius 3 is 2.52 bits per heavy atom. The van der Waals surface area contributed by atoms with Crippen LogP contribution in [0.25, 0.3) is 11.2 Å². The lowest BCUT2D eigenvalue weighted by atomic mass is 9.96. The summed E-state index contributed by atoms with van der Waals surface area (Å²) in [7, 11) is -2.92. The highest BCUT2D eigenvalue weighted by molar-refractivity contribution is 7.51. The minimum Gasteiger partial charge on any atom is -0.479 e. The van der Waals surface area contributed by atoms with Crippen LogP contribution in [0.5, 0.6) is 5.88 Å². The van der Waals surface area contributed by atoms with Crippen molar-refractivity contribution in [2.45, 2.75) is 97.5 Å². The molecular weight excluding hydrogens is 601 g/mol. The Morgan fingerprint density at radius 2 is 1.93 bits per heavy atom. The van der Waals surface area contributed by atoms with Crippen LogP contribution in [-0.2, 0) is 37.4 Å². The van der Waals surface area contributed by atoms with E-state index in [2.05, 4.69) is 20.0 Å². The number of aromatic nitrogens is 4. The summed E-state index contributed by atoms with van der Waals surface area (Å²) in [6, 6.07) is -1.09. The Labute approximate surface area is 256 Å². The van der Waals surface area contributed by atoms with Crippen molar-refractivity contribution in [3.8, 4) is 5.88 Å². The van der Waals surface area contributed by atoms with Crippen LogP contribution in [-0.4, -0.2) is 98.1 Å². The van der Waals surface area contributed by atoms with Crippen LogP contribution in [0.3, 0.4) is 0 Å². The number of aliphatic hydroxyl groups excluding tert-OH is 1.